The second-order valence-corrected chi connectivity index (χ2v) is 2.21. The predicted molar refractivity (Wildman–Crippen MR) is 44.0 cm³/mol. The molecule has 0 unspecified atom stereocenters. The molecule has 0 aliphatic carbocycles. The van der Waals surface area contributed by atoms with Crippen LogP contribution in [-0.2, 0) is 14.2 Å². The summed E-state index contributed by atoms with van der Waals surface area (Å²) in [6.07, 6.45) is -0.624. The molecule has 78 valence electrons. The van der Waals surface area contributed by atoms with Crippen LogP contribution < -0.4 is 0 Å². The monoisotopic (exact) mass is 193 g/mol. The maximum atomic E-state index is 11.0. The quantitative estimate of drug-likeness (QED) is 0.583. The first kappa shape index (κ1) is 12.2. The first-order valence-corrected chi connectivity index (χ1v) is 3.76. The van der Waals surface area contributed by atoms with Crippen molar-refractivity contribution < 1.29 is 24.1 Å². The SMILES string of the molecule is COCCN(CO)C(=O)OCOC. The van der Waals surface area contributed by atoms with Gasteiger partial charge in [-0.2, -0.15) is 0 Å². The Morgan fingerprint density at radius 3 is 2.54 bits per heavy atom. The van der Waals surface area contributed by atoms with Crippen molar-refractivity contribution >= 4 is 6.09 Å². The van der Waals surface area contributed by atoms with Crippen LogP contribution in [0.3, 0.4) is 0 Å². The maximum absolute atomic E-state index is 11.0. The van der Waals surface area contributed by atoms with Gasteiger partial charge in [-0.25, -0.2) is 4.79 Å². The van der Waals surface area contributed by atoms with Crippen molar-refractivity contribution in [1.29, 1.82) is 0 Å². The number of methoxy groups -OCH3 is 2. The van der Waals surface area contributed by atoms with Gasteiger partial charge in [0.25, 0.3) is 0 Å². The second kappa shape index (κ2) is 7.78. The van der Waals surface area contributed by atoms with Crippen molar-refractivity contribution in [1.82, 2.24) is 4.90 Å². The van der Waals surface area contributed by atoms with Crippen molar-refractivity contribution in [3.05, 3.63) is 0 Å². The van der Waals surface area contributed by atoms with Crippen molar-refractivity contribution in [2.24, 2.45) is 0 Å². The lowest BCUT2D eigenvalue weighted by Crippen LogP contribution is -2.35. The number of aliphatic hydroxyl groups is 1. The van der Waals surface area contributed by atoms with Gasteiger partial charge in [-0.1, -0.05) is 0 Å². The molecule has 0 rings (SSSR count). The van der Waals surface area contributed by atoms with Crippen LogP contribution in [0.15, 0.2) is 0 Å². The zero-order valence-electron chi connectivity index (χ0n) is 7.86. The lowest BCUT2D eigenvalue weighted by Gasteiger charge is -2.18. The minimum atomic E-state index is -0.624. The van der Waals surface area contributed by atoms with Gasteiger partial charge in [0.1, 0.15) is 6.73 Å². The smallest absolute Gasteiger partial charge is 0.413 e. The van der Waals surface area contributed by atoms with Crippen LogP contribution in [0.4, 0.5) is 4.79 Å². The topological polar surface area (TPSA) is 68.2 Å². The third-order valence-electron chi connectivity index (χ3n) is 1.29. The highest BCUT2D eigenvalue weighted by Crippen LogP contribution is 1.92. The van der Waals surface area contributed by atoms with E-state index in [0.29, 0.717) is 6.61 Å². The minimum absolute atomic E-state index is 0.123. The van der Waals surface area contributed by atoms with Crippen molar-refractivity contribution in [3.8, 4) is 0 Å². The Morgan fingerprint density at radius 1 is 1.38 bits per heavy atom. The average Bonchev–Trinajstić information content (AvgIpc) is 2.16. The molecule has 0 atom stereocenters. The van der Waals surface area contributed by atoms with Gasteiger partial charge in [0.05, 0.1) is 6.61 Å². The van der Waals surface area contributed by atoms with Crippen LogP contribution in [0.25, 0.3) is 0 Å². The van der Waals surface area contributed by atoms with E-state index < -0.39 is 12.8 Å². The number of hydrogen-bond donors (Lipinski definition) is 1. The molecule has 1 amide bonds. The van der Waals surface area contributed by atoms with E-state index in [4.69, 9.17) is 9.84 Å². The Bertz CT molecular complexity index is 141. The zero-order valence-corrected chi connectivity index (χ0v) is 7.86. The highest BCUT2D eigenvalue weighted by molar-refractivity contribution is 5.67. The number of nitrogens with zero attached hydrogens (tertiary/aromatic N) is 1. The number of ether oxygens (including phenoxy) is 3. The van der Waals surface area contributed by atoms with E-state index in [2.05, 4.69) is 9.47 Å². The molecule has 0 saturated heterocycles. The zero-order chi connectivity index (χ0) is 10.1. The molecule has 0 saturated carbocycles. The molecule has 0 radical (unpaired) electrons. The Balaban J connectivity index is 3.71. The summed E-state index contributed by atoms with van der Waals surface area (Å²) >= 11 is 0. The Morgan fingerprint density at radius 2 is 2.08 bits per heavy atom. The summed E-state index contributed by atoms with van der Waals surface area (Å²) in [6.45, 7) is 0.117. The molecule has 0 bridgehead atoms. The molecule has 1 N–H and O–H groups in total. The number of carbonyl (C=O) groups excluding carboxylic acids is 1. The van der Waals surface area contributed by atoms with Crippen LogP contribution in [0, 0.1) is 0 Å². The maximum Gasteiger partial charge on any atom is 0.413 e. The Labute approximate surface area is 77.0 Å². The third-order valence-corrected chi connectivity index (χ3v) is 1.29. The van der Waals surface area contributed by atoms with E-state index in [1.807, 2.05) is 0 Å². The summed E-state index contributed by atoms with van der Waals surface area (Å²) in [5.74, 6) is 0. The van der Waals surface area contributed by atoms with Gasteiger partial charge in [0, 0.05) is 20.8 Å². The van der Waals surface area contributed by atoms with Gasteiger partial charge >= 0.3 is 6.09 Å². The van der Waals surface area contributed by atoms with Crippen LogP contribution in [-0.4, -0.2) is 57.0 Å². The Kier molecular flexibility index (Phi) is 7.27. The highest BCUT2D eigenvalue weighted by atomic mass is 16.7. The number of amides is 1. The molecule has 0 aromatic carbocycles. The summed E-state index contributed by atoms with van der Waals surface area (Å²) in [5.41, 5.74) is 0. The molecule has 6 nitrogen and oxygen atoms in total. The fourth-order valence-corrected chi connectivity index (χ4v) is 0.622. The lowest BCUT2D eigenvalue weighted by atomic mass is 10.6. The van der Waals surface area contributed by atoms with Gasteiger partial charge < -0.3 is 19.3 Å². The molecule has 0 aromatic heterocycles. The first-order chi connectivity index (χ1) is 6.26. The largest absolute Gasteiger partial charge is 0.422 e. The van der Waals surface area contributed by atoms with Gasteiger partial charge in [0.2, 0.25) is 0 Å². The van der Waals surface area contributed by atoms with Crippen LogP contribution >= 0.6 is 0 Å². The first-order valence-electron chi connectivity index (χ1n) is 3.76. The number of rotatable bonds is 6. The summed E-state index contributed by atoms with van der Waals surface area (Å²) in [5, 5.41) is 8.75. The number of hydrogen-bond acceptors (Lipinski definition) is 5. The molecular weight excluding hydrogens is 178 g/mol. The van der Waals surface area contributed by atoms with Gasteiger partial charge in [-0.3, -0.25) is 4.90 Å². The van der Waals surface area contributed by atoms with E-state index in [9.17, 15) is 4.79 Å². The Hall–Kier alpha value is -0.850. The predicted octanol–water partition coefficient (Wildman–Crippen LogP) is -0.375. The molecule has 0 spiro atoms. The molecule has 6 heteroatoms. The fourth-order valence-electron chi connectivity index (χ4n) is 0.622. The van der Waals surface area contributed by atoms with Crippen LogP contribution in [0.5, 0.6) is 0 Å². The minimum Gasteiger partial charge on any atom is -0.422 e. The number of carbonyl (C=O) groups is 1. The summed E-state index contributed by atoms with van der Waals surface area (Å²) in [4.78, 5) is 12.1. The molecular formula is C7H15NO5. The summed E-state index contributed by atoms with van der Waals surface area (Å²) in [7, 11) is 2.92. The van der Waals surface area contributed by atoms with E-state index in [1.165, 1.54) is 14.2 Å². The highest BCUT2D eigenvalue weighted by Gasteiger charge is 2.12. The summed E-state index contributed by atoms with van der Waals surface area (Å²) < 4.78 is 13.9. The van der Waals surface area contributed by atoms with E-state index in [1.54, 1.807) is 0 Å². The van der Waals surface area contributed by atoms with Crippen LogP contribution in [0.1, 0.15) is 0 Å². The average molecular weight is 193 g/mol. The summed E-state index contributed by atoms with van der Waals surface area (Å²) in [6, 6.07) is 0. The van der Waals surface area contributed by atoms with Crippen LogP contribution in [0.2, 0.25) is 0 Å². The second-order valence-electron chi connectivity index (χ2n) is 2.21. The third kappa shape index (κ3) is 5.40. The molecule has 0 fully saturated rings. The van der Waals surface area contributed by atoms with Gasteiger partial charge in [-0.15, -0.1) is 0 Å². The standard InChI is InChI=1S/C7H15NO5/c1-11-4-3-8(5-9)7(10)13-6-12-2/h9H,3-6H2,1-2H3. The van der Waals surface area contributed by atoms with Crippen molar-refractivity contribution in [2.45, 2.75) is 0 Å². The molecule has 0 aliphatic heterocycles. The van der Waals surface area contributed by atoms with E-state index >= 15 is 0 Å². The van der Waals surface area contributed by atoms with Crippen molar-refractivity contribution in [3.63, 3.8) is 0 Å². The van der Waals surface area contributed by atoms with Crippen molar-refractivity contribution in [2.75, 3.05) is 40.9 Å². The lowest BCUT2D eigenvalue weighted by molar-refractivity contribution is -0.0188. The van der Waals surface area contributed by atoms with E-state index in [0.717, 1.165) is 4.90 Å². The normalized spacial score (nSPS) is 9.77. The fraction of sp³-hybridized carbons (Fsp3) is 0.857. The van der Waals surface area contributed by atoms with Gasteiger partial charge in [-0.05, 0) is 0 Å². The van der Waals surface area contributed by atoms with E-state index in [-0.39, 0.29) is 13.3 Å². The van der Waals surface area contributed by atoms with Gasteiger partial charge in [0.15, 0.2) is 6.79 Å². The molecule has 0 aromatic rings. The molecule has 0 aliphatic rings. The number of aliphatic hydroxyl groups excluding tert-OH is 1. The molecule has 0 heterocycles. The molecule has 13 heavy (non-hydrogen) atoms.